The molecule has 2 N–H and O–H groups in total. The normalized spacial score (nSPS) is 20.6. The first-order valence-electron chi connectivity index (χ1n) is 8.12. The van der Waals surface area contributed by atoms with E-state index in [9.17, 15) is 4.39 Å². The van der Waals surface area contributed by atoms with Gasteiger partial charge in [-0.25, -0.2) is 4.39 Å². The lowest BCUT2D eigenvalue weighted by molar-refractivity contribution is 0.307. The molecule has 1 saturated carbocycles. The van der Waals surface area contributed by atoms with Crippen LogP contribution in [0.5, 0.6) is 5.75 Å². The van der Waals surface area contributed by atoms with Gasteiger partial charge in [-0.1, -0.05) is 6.92 Å². The number of halogens is 1. The fourth-order valence-electron chi connectivity index (χ4n) is 2.14. The van der Waals surface area contributed by atoms with Crippen LogP contribution in [0.1, 0.15) is 33.1 Å². The summed E-state index contributed by atoms with van der Waals surface area (Å²) in [5.74, 6) is 2.14. The predicted molar refractivity (Wildman–Crippen MR) is 87.8 cm³/mol. The molecule has 5 heteroatoms. The Morgan fingerprint density at radius 3 is 2.68 bits per heavy atom. The van der Waals surface area contributed by atoms with Crippen LogP contribution in [0.15, 0.2) is 29.3 Å². The van der Waals surface area contributed by atoms with Crippen molar-refractivity contribution in [2.45, 2.75) is 39.2 Å². The monoisotopic (exact) mass is 307 g/mol. The molecule has 2 atom stereocenters. The molecule has 1 fully saturated rings. The second kappa shape index (κ2) is 8.61. The molecule has 0 amide bonds. The van der Waals surface area contributed by atoms with Crippen LogP contribution in [0.3, 0.4) is 0 Å². The number of guanidine groups is 1. The molecule has 1 aliphatic carbocycles. The van der Waals surface area contributed by atoms with Crippen LogP contribution in [-0.2, 0) is 0 Å². The van der Waals surface area contributed by atoms with E-state index in [-0.39, 0.29) is 5.82 Å². The molecule has 1 aromatic carbocycles. The van der Waals surface area contributed by atoms with Crippen LogP contribution < -0.4 is 15.4 Å². The van der Waals surface area contributed by atoms with Crippen molar-refractivity contribution in [2.75, 3.05) is 19.7 Å². The lowest BCUT2D eigenvalue weighted by Gasteiger charge is -2.10. The van der Waals surface area contributed by atoms with Gasteiger partial charge in [0.15, 0.2) is 5.96 Å². The highest BCUT2D eigenvalue weighted by atomic mass is 19.1. The molecule has 0 bridgehead atoms. The maximum absolute atomic E-state index is 12.8. The number of ether oxygens (including phenoxy) is 1. The number of nitrogens with zero attached hydrogens (tertiary/aromatic N) is 1. The number of aliphatic imine (C=N–C) groups is 1. The largest absolute Gasteiger partial charge is 0.494 e. The number of benzene rings is 1. The Morgan fingerprint density at radius 2 is 2.05 bits per heavy atom. The third-order valence-electron chi connectivity index (χ3n) is 3.68. The lowest BCUT2D eigenvalue weighted by Crippen LogP contribution is -2.39. The van der Waals surface area contributed by atoms with E-state index < -0.39 is 0 Å². The summed E-state index contributed by atoms with van der Waals surface area (Å²) in [6, 6.07) is 6.70. The molecule has 0 saturated heterocycles. The lowest BCUT2D eigenvalue weighted by atomic mass is 10.3. The zero-order valence-electron chi connectivity index (χ0n) is 13.4. The molecule has 2 unspecified atom stereocenters. The van der Waals surface area contributed by atoms with E-state index in [1.165, 1.54) is 18.6 Å². The minimum absolute atomic E-state index is 0.241. The van der Waals surface area contributed by atoms with Gasteiger partial charge < -0.3 is 15.4 Å². The van der Waals surface area contributed by atoms with Crippen LogP contribution in [0.25, 0.3) is 0 Å². The summed E-state index contributed by atoms with van der Waals surface area (Å²) in [5.41, 5.74) is 0. The Hall–Kier alpha value is -1.78. The molecule has 22 heavy (non-hydrogen) atoms. The number of rotatable bonds is 8. The summed E-state index contributed by atoms with van der Waals surface area (Å²) in [7, 11) is 0. The average molecular weight is 307 g/mol. The van der Waals surface area contributed by atoms with Gasteiger partial charge in [0.25, 0.3) is 0 Å². The number of nitrogens with one attached hydrogen (secondary N) is 2. The Morgan fingerprint density at radius 1 is 1.32 bits per heavy atom. The van der Waals surface area contributed by atoms with E-state index >= 15 is 0 Å². The maximum Gasteiger partial charge on any atom is 0.191 e. The third kappa shape index (κ3) is 5.92. The van der Waals surface area contributed by atoms with E-state index in [4.69, 9.17) is 4.74 Å². The molecule has 1 aromatic rings. The summed E-state index contributed by atoms with van der Waals surface area (Å²) in [6.45, 7) is 6.60. The molecule has 1 aliphatic rings. The topological polar surface area (TPSA) is 45.7 Å². The fourth-order valence-corrected chi connectivity index (χ4v) is 2.14. The van der Waals surface area contributed by atoms with Crippen LogP contribution in [0.4, 0.5) is 4.39 Å². The summed E-state index contributed by atoms with van der Waals surface area (Å²) < 4.78 is 18.3. The first-order valence-corrected chi connectivity index (χ1v) is 8.12. The predicted octanol–water partition coefficient (Wildman–Crippen LogP) is 2.95. The summed E-state index contributed by atoms with van der Waals surface area (Å²) >= 11 is 0. The minimum atomic E-state index is -0.241. The van der Waals surface area contributed by atoms with Crippen molar-refractivity contribution in [1.29, 1.82) is 0 Å². The second-order valence-corrected chi connectivity index (χ2v) is 5.73. The van der Waals surface area contributed by atoms with Crippen LogP contribution in [0, 0.1) is 11.7 Å². The van der Waals surface area contributed by atoms with Gasteiger partial charge in [0.2, 0.25) is 0 Å². The van der Waals surface area contributed by atoms with Gasteiger partial charge in [-0.15, -0.1) is 0 Å². The van der Waals surface area contributed by atoms with Crippen molar-refractivity contribution in [3.05, 3.63) is 30.1 Å². The van der Waals surface area contributed by atoms with Gasteiger partial charge in [-0.05, 0) is 56.4 Å². The molecule has 0 aliphatic heterocycles. The van der Waals surface area contributed by atoms with E-state index in [1.807, 2.05) is 0 Å². The number of hydrogen-bond acceptors (Lipinski definition) is 2. The Kier molecular flexibility index (Phi) is 6.49. The van der Waals surface area contributed by atoms with Crippen molar-refractivity contribution in [3.8, 4) is 5.75 Å². The summed E-state index contributed by atoms with van der Waals surface area (Å²) in [5, 5.41) is 6.70. The van der Waals surface area contributed by atoms with Crippen LogP contribution in [0.2, 0.25) is 0 Å². The first-order chi connectivity index (χ1) is 10.7. The molecule has 2 rings (SSSR count). The molecule has 0 aromatic heterocycles. The number of hydrogen-bond donors (Lipinski definition) is 2. The van der Waals surface area contributed by atoms with Gasteiger partial charge >= 0.3 is 0 Å². The third-order valence-corrected chi connectivity index (χ3v) is 3.68. The first kappa shape index (κ1) is 16.6. The highest BCUT2D eigenvalue weighted by Crippen LogP contribution is 2.28. The summed E-state index contributed by atoms with van der Waals surface area (Å²) in [6.07, 6.45) is 3.13. The second-order valence-electron chi connectivity index (χ2n) is 5.73. The minimum Gasteiger partial charge on any atom is -0.494 e. The quantitative estimate of drug-likeness (QED) is 0.441. The van der Waals surface area contributed by atoms with Gasteiger partial charge in [0.05, 0.1) is 6.61 Å². The van der Waals surface area contributed by atoms with Gasteiger partial charge in [-0.3, -0.25) is 4.99 Å². The Labute approximate surface area is 132 Å². The van der Waals surface area contributed by atoms with E-state index in [0.717, 1.165) is 37.8 Å². The van der Waals surface area contributed by atoms with E-state index in [2.05, 4.69) is 29.5 Å². The standard InChI is InChI=1S/C17H26FN3O/c1-3-19-17(21-16-12-13(16)2)20-10-4-5-11-22-15-8-6-14(18)7-9-15/h6-9,13,16H,3-5,10-12H2,1-2H3,(H2,19,20,21). The molecule has 0 radical (unpaired) electrons. The highest BCUT2D eigenvalue weighted by molar-refractivity contribution is 5.80. The average Bonchev–Trinajstić information content (AvgIpc) is 3.20. The smallest absolute Gasteiger partial charge is 0.191 e. The molecular weight excluding hydrogens is 281 g/mol. The van der Waals surface area contributed by atoms with Crippen molar-refractivity contribution in [2.24, 2.45) is 10.9 Å². The van der Waals surface area contributed by atoms with Gasteiger partial charge in [0, 0.05) is 19.1 Å². The Bertz CT molecular complexity index is 475. The highest BCUT2D eigenvalue weighted by Gasteiger charge is 2.33. The molecule has 0 spiro atoms. The SMILES string of the molecule is CCNC(=NCCCCOc1ccc(F)cc1)NC1CC1C. The van der Waals surface area contributed by atoms with Crippen molar-refractivity contribution in [1.82, 2.24) is 10.6 Å². The van der Waals surface area contributed by atoms with Crippen LogP contribution in [-0.4, -0.2) is 31.7 Å². The maximum atomic E-state index is 12.8. The fraction of sp³-hybridized carbons (Fsp3) is 0.588. The van der Waals surface area contributed by atoms with Gasteiger partial charge in [-0.2, -0.15) is 0 Å². The Balaban J connectivity index is 1.60. The van der Waals surface area contributed by atoms with Crippen molar-refractivity contribution < 1.29 is 9.13 Å². The van der Waals surface area contributed by atoms with Crippen molar-refractivity contribution >= 4 is 5.96 Å². The molecular formula is C17H26FN3O. The molecule has 0 heterocycles. The van der Waals surface area contributed by atoms with E-state index in [0.29, 0.717) is 18.4 Å². The van der Waals surface area contributed by atoms with Gasteiger partial charge in [0.1, 0.15) is 11.6 Å². The summed E-state index contributed by atoms with van der Waals surface area (Å²) in [4.78, 5) is 4.57. The van der Waals surface area contributed by atoms with Crippen molar-refractivity contribution in [3.63, 3.8) is 0 Å². The van der Waals surface area contributed by atoms with E-state index in [1.54, 1.807) is 12.1 Å². The molecule has 122 valence electrons. The molecule has 4 nitrogen and oxygen atoms in total. The van der Waals surface area contributed by atoms with Crippen LogP contribution >= 0.6 is 0 Å². The zero-order chi connectivity index (χ0) is 15.8. The number of unbranched alkanes of at least 4 members (excludes halogenated alkanes) is 1. The zero-order valence-corrected chi connectivity index (χ0v) is 13.4.